The second kappa shape index (κ2) is 4.23. The summed E-state index contributed by atoms with van der Waals surface area (Å²) in [5.74, 6) is 1.33. The molecular weight excluding hydrogens is 227 g/mol. The van der Waals surface area contributed by atoms with Crippen LogP contribution in [0.5, 0.6) is 0 Å². The van der Waals surface area contributed by atoms with Crippen LogP contribution in [0.25, 0.3) is 5.69 Å². The maximum absolute atomic E-state index is 13.0. The molecule has 0 saturated carbocycles. The van der Waals surface area contributed by atoms with Crippen molar-refractivity contribution in [3.63, 3.8) is 0 Å². The molecule has 0 fully saturated rings. The van der Waals surface area contributed by atoms with Gasteiger partial charge in [-0.1, -0.05) is 6.92 Å². The van der Waals surface area contributed by atoms with Crippen molar-refractivity contribution in [1.29, 1.82) is 0 Å². The zero-order chi connectivity index (χ0) is 12.7. The van der Waals surface area contributed by atoms with Crippen LogP contribution in [-0.2, 0) is 6.42 Å². The largest absolute Gasteiger partial charge is 0.300 e. The molecule has 0 unspecified atom stereocenters. The smallest absolute Gasteiger partial charge is 0.123 e. The molecule has 0 bridgehead atoms. The van der Waals surface area contributed by atoms with E-state index >= 15 is 0 Å². The van der Waals surface area contributed by atoms with Crippen molar-refractivity contribution in [3.05, 3.63) is 47.3 Å². The molecule has 0 spiro atoms. The fourth-order valence-electron chi connectivity index (χ4n) is 2.92. The molecule has 18 heavy (non-hydrogen) atoms. The van der Waals surface area contributed by atoms with Crippen molar-refractivity contribution < 1.29 is 4.39 Å². The highest BCUT2D eigenvalue weighted by molar-refractivity contribution is 5.39. The molecule has 0 radical (unpaired) electrons. The van der Waals surface area contributed by atoms with Gasteiger partial charge in [-0.15, -0.1) is 0 Å². The molecule has 1 aromatic carbocycles. The number of benzene rings is 1. The standard InChI is InChI=1S/C15H17FN2/c1-10-4-3-5-14-15(10)18(11(2)17-14)13-8-6-12(16)7-9-13/h6-10H,3-5H2,1-2H3/t10-/m0/s1. The van der Waals surface area contributed by atoms with Crippen LogP contribution in [-0.4, -0.2) is 9.55 Å². The summed E-state index contributed by atoms with van der Waals surface area (Å²) >= 11 is 0. The van der Waals surface area contributed by atoms with Crippen LogP contribution >= 0.6 is 0 Å². The highest BCUT2D eigenvalue weighted by atomic mass is 19.1. The van der Waals surface area contributed by atoms with Gasteiger partial charge in [0, 0.05) is 11.4 Å². The van der Waals surface area contributed by atoms with E-state index < -0.39 is 0 Å². The van der Waals surface area contributed by atoms with E-state index in [4.69, 9.17) is 0 Å². The van der Waals surface area contributed by atoms with E-state index in [1.54, 1.807) is 0 Å². The number of aryl methyl sites for hydroxylation is 2. The molecule has 0 aliphatic heterocycles. The number of hydrogen-bond acceptors (Lipinski definition) is 1. The number of nitrogens with zero attached hydrogens (tertiary/aromatic N) is 2. The van der Waals surface area contributed by atoms with Gasteiger partial charge in [-0.05, 0) is 56.4 Å². The lowest BCUT2D eigenvalue weighted by Gasteiger charge is -2.21. The van der Waals surface area contributed by atoms with Crippen molar-refractivity contribution >= 4 is 0 Å². The molecule has 1 aliphatic rings. The van der Waals surface area contributed by atoms with Gasteiger partial charge in [0.25, 0.3) is 0 Å². The molecule has 2 aromatic rings. The predicted molar refractivity (Wildman–Crippen MR) is 69.6 cm³/mol. The average molecular weight is 244 g/mol. The Balaban J connectivity index is 2.17. The van der Waals surface area contributed by atoms with Gasteiger partial charge in [-0.25, -0.2) is 9.37 Å². The summed E-state index contributed by atoms with van der Waals surface area (Å²) < 4.78 is 15.2. The van der Waals surface area contributed by atoms with Crippen molar-refractivity contribution in [1.82, 2.24) is 9.55 Å². The third-order valence-corrected chi connectivity index (χ3v) is 3.76. The van der Waals surface area contributed by atoms with Crippen LogP contribution in [0.3, 0.4) is 0 Å². The summed E-state index contributed by atoms with van der Waals surface area (Å²) in [6, 6.07) is 6.67. The molecule has 1 heterocycles. The summed E-state index contributed by atoms with van der Waals surface area (Å²) in [5.41, 5.74) is 3.54. The number of hydrogen-bond donors (Lipinski definition) is 0. The Morgan fingerprint density at radius 3 is 2.72 bits per heavy atom. The molecule has 2 nitrogen and oxygen atoms in total. The fourth-order valence-corrected chi connectivity index (χ4v) is 2.92. The number of halogens is 1. The van der Waals surface area contributed by atoms with Gasteiger partial charge in [-0.2, -0.15) is 0 Å². The first-order valence-electron chi connectivity index (χ1n) is 6.51. The lowest BCUT2D eigenvalue weighted by molar-refractivity contribution is 0.563. The van der Waals surface area contributed by atoms with Crippen LogP contribution < -0.4 is 0 Å². The second-order valence-electron chi connectivity index (χ2n) is 5.10. The van der Waals surface area contributed by atoms with Crippen LogP contribution in [0.15, 0.2) is 24.3 Å². The zero-order valence-corrected chi connectivity index (χ0v) is 10.8. The number of rotatable bonds is 1. The minimum Gasteiger partial charge on any atom is -0.300 e. The Hall–Kier alpha value is -1.64. The zero-order valence-electron chi connectivity index (χ0n) is 10.8. The minimum atomic E-state index is -0.196. The third-order valence-electron chi connectivity index (χ3n) is 3.76. The van der Waals surface area contributed by atoms with Crippen LogP contribution in [0, 0.1) is 12.7 Å². The summed E-state index contributed by atoms with van der Waals surface area (Å²) in [4.78, 5) is 4.67. The van der Waals surface area contributed by atoms with E-state index in [2.05, 4.69) is 16.5 Å². The quantitative estimate of drug-likeness (QED) is 0.746. The van der Waals surface area contributed by atoms with E-state index in [1.807, 2.05) is 19.1 Å². The highest BCUT2D eigenvalue weighted by Crippen LogP contribution is 2.33. The van der Waals surface area contributed by atoms with Crippen molar-refractivity contribution in [3.8, 4) is 5.69 Å². The van der Waals surface area contributed by atoms with Gasteiger partial charge in [0.15, 0.2) is 0 Å². The van der Waals surface area contributed by atoms with Crippen LogP contribution in [0.2, 0.25) is 0 Å². The molecule has 94 valence electrons. The van der Waals surface area contributed by atoms with E-state index in [1.165, 1.54) is 36.4 Å². The summed E-state index contributed by atoms with van der Waals surface area (Å²) in [6.07, 6.45) is 3.49. The Kier molecular flexibility index (Phi) is 2.69. The fraction of sp³-hybridized carbons (Fsp3) is 0.400. The van der Waals surface area contributed by atoms with Gasteiger partial charge in [0.1, 0.15) is 11.6 Å². The van der Waals surface area contributed by atoms with E-state index in [0.717, 1.165) is 17.9 Å². The third kappa shape index (κ3) is 1.74. The average Bonchev–Trinajstić information content (AvgIpc) is 2.68. The molecule has 0 saturated heterocycles. The molecule has 1 aliphatic carbocycles. The topological polar surface area (TPSA) is 17.8 Å². The van der Waals surface area contributed by atoms with Crippen LogP contribution in [0.4, 0.5) is 4.39 Å². The van der Waals surface area contributed by atoms with Gasteiger partial charge in [-0.3, -0.25) is 0 Å². The molecular formula is C15H17FN2. The highest BCUT2D eigenvalue weighted by Gasteiger charge is 2.24. The van der Waals surface area contributed by atoms with Gasteiger partial charge in [0.2, 0.25) is 0 Å². The summed E-state index contributed by atoms with van der Waals surface area (Å²) in [6.45, 7) is 4.27. The minimum absolute atomic E-state index is 0.196. The predicted octanol–water partition coefficient (Wildman–Crippen LogP) is 3.76. The second-order valence-corrected chi connectivity index (χ2v) is 5.10. The molecule has 0 N–H and O–H groups in total. The molecule has 3 heteroatoms. The molecule has 1 aromatic heterocycles. The first-order valence-corrected chi connectivity index (χ1v) is 6.51. The molecule has 1 atom stereocenters. The molecule has 0 amide bonds. The summed E-state index contributed by atoms with van der Waals surface area (Å²) in [5, 5.41) is 0. The Bertz CT molecular complexity index is 569. The first kappa shape index (κ1) is 11.5. The Morgan fingerprint density at radius 1 is 1.28 bits per heavy atom. The number of fused-ring (bicyclic) bond motifs is 1. The SMILES string of the molecule is Cc1nc2c(n1-c1ccc(F)cc1)[C@@H](C)CCC2. The van der Waals surface area contributed by atoms with E-state index in [-0.39, 0.29) is 5.82 Å². The Labute approximate surface area is 106 Å². The van der Waals surface area contributed by atoms with Crippen LogP contribution in [0.1, 0.15) is 42.9 Å². The van der Waals surface area contributed by atoms with E-state index in [0.29, 0.717) is 5.92 Å². The normalized spacial score (nSPS) is 18.7. The molecule has 3 rings (SSSR count). The van der Waals surface area contributed by atoms with Gasteiger partial charge < -0.3 is 4.57 Å². The lowest BCUT2D eigenvalue weighted by atomic mass is 9.91. The first-order chi connectivity index (χ1) is 8.66. The number of aromatic nitrogens is 2. The van der Waals surface area contributed by atoms with E-state index in [9.17, 15) is 4.39 Å². The Morgan fingerprint density at radius 2 is 2.00 bits per heavy atom. The van der Waals surface area contributed by atoms with Crippen molar-refractivity contribution in [2.75, 3.05) is 0 Å². The maximum Gasteiger partial charge on any atom is 0.123 e. The van der Waals surface area contributed by atoms with Gasteiger partial charge in [0.05, 0.1) is 5.69 Å². The van der Waals surface area contributed by atoms with Crippen molar-refractivity contribution in [2.45, 2.75) is 39.0 Å². The lowest BCUT2D eigenvalue weighted by Crippen LogP contribution is -2.11. The van der Waals surface area contributed by atoms with Crippen molar-refractivity contribution in [2.24, 2.45) is 0 Å². The monoisotopic (exact) mass is 244 g/mol. The number of imidazole rings is 1. The maximum atomic E-state index is 13.0. The summed E-state index contributed by atoms with van der Waals surface area (Å²) in [7, 11) is 0. The van der Waals surface area contributed by atoms with Gasteiger partial charge >= 0.3 is 0 Å².